The average molecular weight is 370 g/mol. The lowest BCUT2D eigenvalue weighted by Crippen LogP contribution is -2.35. The van der Waals surface area contributed by atoms with Crippen LogP contribution in [0.1, 0.15) is 34.3 Å². The molecule has 1 N–H and O–H groups in total. The second-order valence-electron chi connectivity index (χ2n) is 6.88. The number of nitrogens with one attached hydrogen (secondary N) is 1. The SMILES string of the molecule is N#Cc1ccccc1-c1ccc([C@H]2c3nc[nH]c3CCN2Cc2ccoc2)o1. The normalized spacial score (nSPS) is 16.6. The number of H-pyrrole nitrogens is 1. The van der Waals surface area contributed by atoms with Gasteiger partial charge in [-0.3, -0.25) is 4.90 Å². The molecule has 0 amide bonds. The zero-order chi connectivity index (χ0) is 18.9. The molecule has 0 bridgehead atoms. The lowest BCUT2D eigenvalue weighted by atomic mass is 10.00. The molecule has 0 spiro atoms. The molecule has 6 heteroatoms. The maximum Gasteiger partial charge on any atom is 0.135 e. The quantitative estimate of drug-likeness (QED) is 0.580. The summed E-state index contributed by atoms with van der Waals surface area (Å²) in [5.74, 6) is 1.51. The number of nitrogens with zero attached hydrogens (tertiary/aromatic N) is 3. The summed E-state index contributed by atoms with van der Waals surface area (Å²) < 4.78 is 11.5. The van der Waals surface area contributed by atoms with Gasteiger partial charge in [0.1, 0.15) is 17.6 Å². The number of nitriles is 1. The van der Waals surface area contributed by atoms with E-state index in [1.165, 1.54) is 0 Å². The molecule has 1 atom stereocenters. The van der Waals surface area contributed by atoms with Crippen LogP contribution in [0.25, 0.3) is 11.3 Å². The molecule has 1 aliphatic rings. The number of fused-ring (bicyclic) bond motifs is 1. The van der Waals surface area contributed by atoms with Crippen molar-refractivity contribution in [1.29, 1.82) is 5.26 Å². The molecular weight excluding hydrogens is 352 g/mol. The van der Waals surface area contributed by atoms with Crippen LogP contribution >= 0.6 is 0 Å². The second kappa shape index (κ2) is 6.87. The summed E-state index contributed by atoms with van der Waals surface area (Å²) >= 11 is 0. The van der Waals surface area contributed by atoms with Crippen molar-refractivity contribution in [2.75, 3.05) is 6.54 Å². The van der Waals surface area contributed by atoms with Crippen LogP contribution < -0.4 is 0 Å². The first-order chi connectivity index (χ1) is 13.8. The number of hydrogen-bond acceptors (Lipinski definition) is 5. The first-order valence-corrected chi connectivity index (χ1v) is 9.20. The van der Waals surface area contributed by atoms with Crippen molar-refractivity contribution in [3.05, 3.63) is 89.6 Å². The van der Waals surface area contributed by atoms with E-state index in [4.69, 9.17) is 8.83 Å². The Morgan fingerprint density at radius 2 is 2.14 bits per heavy atom. The first-order valence-electron chi connectivity index (χ1n) is 9.20. The van der Waals surface area contributed by atoms with Crippen LogP contribution in [0, 0.1) is 11.3 Å². The van der Waals surface area contributed by atoms with Crippen molar-refractivity contribution in [3.8, 4) is 17.4 Å². The Labute approximate surface area is 162 Å². The molecule has 0 aliphatic carbocycles. The zero-order valence-corrected chi connectivity index (χ0v) is 15.1. The van der Waals surface area contributed by atoms with Gasteiger partial charge < -0.3 is 13.8 Å². The Morgan fingerprint density at radius 1 is 1.21 bits per heavy atom. The molecule has 28 heavy (non-hydrogen) atoms. The Bertz CT molecular complexity index is 1130. The van der Waals surface area contributed by atoms with E-state index in [2.05, 4.69) is 20.9 Å². The highest BCUT2D eigenvalue weighted by Gasteiger charge is 2.33. The number of rotatable bonds is 4. The summed E-state index contributed by atoms with van der Waals surface area (Å²) in [6.45, 7) is 1.63. The second-order valence-corrected chi connectivity index (χ2v) is 6.88. The molecule has 138 valence electrons. The summed E-state index contributed by atoms with van der Waals surface area (Å²) in [7, 11) is 0. The van der Waals surface area contributed by atoms with Gasteiger partial charge in [-0.1, -0.05) is 12.1 Å². The van der Waals surface area contributed by atoms with Crippen molar-refractivity contribution in [3.63, 3.8) is 0 Å². The van der Waals surface area contributed by atoms with Gasteiger partial charge in [0.2, 0.25) is 0 Å². The molecule has 0 saturated carbocycles. The molecular formula is C22H18N4O2. The molecule has 0 fully saturated rings. The molecule has 0 radical (unpaired) electrons. The number of imidazole rings is 1. The fraction of sp³-hybridized carbons (Fsp3) is 0.182. The third-order valence-electron chi connectivity index (χ3n) is 5.20. The van der Waals surface area contributed by atoms with Crippen LogP contribution in [-0.4, -0.2) is 21.4 Å². The largest absolute Gasteiger partial charge is 0.472 e. The highest BCUT2D eigenvalue weighted by atomic mass is 16.3. The van der Waals surface area contributed by atoms with E-state index in [0.29, 0.717) is 11.3 Å². The minimum atomic E-state index is -0.0899. The molecule has 3 aromatic heterocycles. The molecule has 6 nitrogen and oxygen atoms in total. The summed E-state index contributed by atoms with van der Waals surface area (Å²) in [6.07, 6.45) is 6.12. The third kappa shape index (κ3) is 2.82. The van der Waals surface area contributed by atoms with E-state index in [1.807, 2.05) is 36.4 Å². The fourth-order valence-corrected chi connectivity index (χ4v) is 3.87. The van der Waals surface area contributed by atoms with Gasteiger partial charge in [0.15, 0.2) is 0 Å². The van der Waals surface area contributed by atoms with Gasteiger partial charge in [-0.25, -0.2) is 4.98 Å². The number of aromatic amines is 1. The van der Waals surface area contributed by atoms with E-state index >= 15 is 0 Å². The van der Waals surface area contributed by atoms with Gasteiger partial charge in [0.05, 0.1) is 36.2 Å². The number of benzene rings is 1. The van der Waals surface area contributed by atoms with Crippen LogP contribution in [0.3, 0.4) is 0 Å². The smallest absolute Gasteiger partial charge is 0.135 e. The van der Waals surface area contributed by atoms with Crippen molar-refractivity contribution in [1.82, 2.24) is 14.9 Å². The number of aromatic nitrogens is 2. The zero-order valence-electron chi connectivity index (χ0n) is 15.1. The van der Waals surface area contributed by atoms with Crippen molar-refractivity contribution in [2.24, 2.45) is 0 Å². The Morgan fingerprint density at radius 3 is 3.00 bits per heavy atom. The van der Waals surface area contributed by atoms with Gasteiger partial charge >= 0.3 is 0 Å². The molecule has 0 unspecified atom stereocenters. The molecule has 4 aromatic rings. The fourth-order valence-electron chi connectivity index (χ4n) is 3.87. The van der Waals surface area contributed by atoms with E-state index in [9.17, 15) is 5.26 Å². The highest BCUT2D eigenvalue weighted by Crippen LogP contribution is 2.37. The van der Waals surface area contributed by atoms with Crippen molar-refractivity contribution >= 4 is 0 Å². The van der Waals surface area contributed by atoms with Crippen LogP contribution in [-0.2, 0) is 13.0 Å². The van der Waals surface area contributed by atoms with Crippen LogP contribution in [0.4, 0.5) is 0 Å². The Hall–Kier alpha value is -3.56. The molecule has 5 rings (SSSR count). The van der Waals surface area contributed by atoms with Crippen molar-refractivity contribution in [2.45, 2.75) is 19.0 Å². The summed E-state index contributed by atoms with van der Waals surface area (Å²) in [5.41, 5.74) is 4.65. The highest BCUT2D eigenvalue weighted by molar-refractivity contribution is 5.66. The predicted octanol–water partition coefficient (Wildman–Crippen LogP) is 4.28. The summed E-state index contributed by atoms with van der Waals surface area (Å²) in [6, 6.07) is 15.5. The number of hydrogen-bond donors (Lipinski definition) is 1. The molecule has 1 aromatic carbocycles. The lowest BCUT2D eigenvalue weighted by molar-refractivity contribution is 0.179. The van der Waals surface area contributed by atoms with Crippen LogP contribution in [0.15, 0.2) is 70.2 Å². The first kappa shape index (κ1) is 16.6. The van der Waals surface area contributed by atoms with E-state index in [-0.39, 0.29) is 6.04 Å². The van der Waals surface area contributed by atoms with Crippen LogP contribution in [0.2, 0.25) is 0 Å². The lowest BCUT2D eigenvalue weighted by Gasteiger charge is -2.33. The van der Waals surface area contributed by atoms with E-state index < -0.39 is 0 Å². The summed E-state index contributed by atoms with van der Waals surface area (Å²) in [5, 5.41) is 9.40. The van der Waals surface area contributed by atoms with Gasteiger partial charge in [0.25, 0.3) is 0 Å². The molecule has 0 saturated heterocycles. The van der Waals surface area contributed by atoms with Gasteiger partial charge in [-0.2, -0.15) is 5.26 Å². The third-order valence-corrected chi connectivity index (χ3v) is 5.20. The standard InChI is InChI=1S/C22H18N4O2/c23-11-16-3-1-2-4-17(16)19-5-6-20(28-19)22-21-18(24-14-25-21)7-9-26(22)12-15-8-10-27-13-15/h1-6,8,10,13-14,22H,7,9,12H2,(H,24,25)/t22-/m0/s1. The molecule has 4 heterocycles. The summed E-state index contributed by atoms with van der Waals surface area (Å²) in [4.78, 5) is 10.2. The maximum atomic E-state index is 9.40. The maximum absolute atomic E-state index is 9.40. The predicted molar refractivity (Wildman–Crippen MR) is 102 cm³/mol. The van der Waals surface area contributed by atoms with Gasteiger partial charge in [-0.15, -0.1) is 0 Å². The van der Waals surface area contributed by atoms with E-state index in [1.54, 1.807) is 24.9 Å². The molecule has 1 aliphatic heterocycles. The van der Waals surface area contributed by atoms with Gasteiger partial charge in [0, 0.05) is 36.3 Å². The van der Waals surface area contributed by atoms with Gasteiger partial charge in [-0.05, 0) is 30.3 Å². The average Bonchev–Trinajstić information content (AvgIpc) is 3.49. The van der Waals surface area contributed by atoms with E-state index in [0.717, 1.165) is 47.8 Å². The Kier molecular flexibility index (Phi) is 4.08. The van der Waals surface area contributed by atoms with Crippen molar-refractivity contribution < 1.29 is 8.83 Å². The monoisotopic (exact) mass is 370 g/mol. The topological polar surface area (TPSA) is 82.0 Å². The minimum Gasteiger partial charge on any atom is -0.472 e. The minimum absolute atomic E-state index is 0.0899. The van der Waals surface area contributed by atoms with Crippen LogP contribution in [0.5, 0.6) is 0 Å². The number of furan rings is 2. The Balaban J connectivity index is 1.54.